The van der Waals surface area contributed by atoms with Crippen molar-refractivity contribution in [1.82, 2.24) is 4.98 Å². The SMILES string of the molecule is C=Cc1cc(C)c(=O)[nH]c1C=C.CC.CC. The molecule has 2 nitrogen and oxygen atoms in total. The molecule has 0 atom stereocenters. The molecule has 0 bridgehead atoms. The van der Waals surface area contributed by atoms with Crippen LogP contribution in [0.1, 0.15) is 44.5 Å². The molecule has 1 rings (SSSR count). The summed E-state index contributed by atoms with van der Waals surface area (Å²) in [6.45, 7) is 17.0. The molecule has 90 valence electrons. The molecule has 0 unspecified atom stereocenters. The normalized spacial score (nSPS) is 7.81. The minimum atomic E-state index is -0.0736. The van der Waals surface area contributed by atoms with Crippen molar-refractivity contribution in [2.75, 3.05) is 0 Å². The van der Waals surface area contributed by atoms with Gasteiger partial charge in [-0.05, 0) is 24.6 Å². The number of pyridine rings is 1. The van der Waals surface area contributed by atoms with Gasteiger partial charge in [0.25, 0.3) is 5.56 Å². The first-order chi connectivity index (χ1) is 7.69. The summed E-state index contributed by atoms with van der Waals surface area (Å²) in [5.74, 6) is 0. The lowest BCUT2D eigenvalue weighted by molar-refractivity contribution is 1.16. The fraction of sp³-hybridized carbons (Fsp3) is 0.357. The topological polar surface area (TPSA) is 32.9 Å². The smallest absolute Gasteiger partial charge is 0.251 e. The molecule has 1 heterocycles. The minimum absolute atomic E-state index is 0.0736. The van der Waals surface area contributed by atoms with Gasteiger partial charge in [0.05, 0.1) is 0 Å². The fourth-order valence-electron chi connectivity index (χ4n) is 1.01. The molecule has 1 aromatic rings. The number of nitrogens with one attached hydrogen (secondary N) is 1. The lowest BCUT2D eigenvalue weighted by Crippen LogP contribution is -2.11. The van der Waals surface area contributed by atoms with Crippen molar-refractivity contribution in [2.45, 2.75) is 34.6 Å². The van der Waals surface area contributed by atoms with Gasteiger partial charge in [0.1, 0.15) is 0 Å². The Balaban J connectivity index is 0. The van der Waals surface area contributed by atoms with E-state index in [-0.39, 0.29) is 5.56 Å². The molecule has 1 N–H and O–H groups in total. The molecule has 0 spiro atoms. The van der Waals surface area contributed by atoms with Crippen molar-refractivity contribution < 1.29 is 0 Å². The predicted molar refractivity (Wildman–Crippen MR) is 74.7 cm³/mol. The third-order valence-electron chi connectivity index (χ3n) is 1.71. The first-order valence-corrected chi connectivity index (χ1v) is 5.68. The standard InChI is InChI=1S/C10H11NO.2C2H6/c1-4-8-6-7(3)10(12)11-9(8)5-2;2*1-2/h4-6H,1-2H2,3H3,(H,11,12);2*1-2H3. The van der Waals surface area contributed by atoms with E-state index >= 15 is 0 Å². The van der Waals surface area contributed by atoms with Crippen LogP contribution in [0, 0.1) is 6.92 Å². The molecule has 1 aromatic heterocycles. The first kappa shape index (κ1) is 16.8. The van der Waals surface area contributed by atoms with E-state index in [0.29, 0.717) is 5.56 Å². The van der Waals surface area contributed by atoms with E-state index in [9.17, 15) is 4.79 Å². The van der Waals surface area contributed by atoms with E-state index in [4.69, 9.17) is 0 Å². The van der Waals surface area contributed by atoms with Crippen molar-refractivity contribution >= 4 is 12.2 Å². The predicted octanol–water partition coefficient (Wildman–Crippen LogP) is 4.02. The number of aromatic nitrogens is 1. The van der Waals surface area contributed by atoms with Gasteiger partial charge in [-0.1, -0.05) is 46.9 Å². The third kappa shape index (κ3) is 4.78. The van der Waals surface area contributed by atoms with E-state index in [0.717, 1.165) is 11.3 Å². The number of aromatic amines is 1. The number of aryl methyl sites for hydroxylation is 1. The van der Waals surface area contributed by atoms with Gasteiger partial charge in [-0.15, -0.1) is 0 Å². The Morgan fingerprint density at radius 1 is 1.12 bits per heavy atom. The lowest BCUT2D eigenvalue weighted by atomic mass is 10.1. The fourth-order valence-corrected chi connectivity index (χ4v) is 1.01. The minimum Gasteiger partial charge on any atom is -0.322 e. The van der Waals surface area contributed by atoms with Crippen LogP contribution in [0.2, 0.25) is 0 Å². The van der Waals surface area contributed by atoms with E-state index in [1.807, 2.05) is 27.7 Å². The van der Waals surface area contributed by atoms with Crippen molar-refractivity contribution in [3.05, 3.63) is 46.4 Å². The summed E-state index contributed by atoms with van der Waals surface area (Å²) in [6, 6.07) is 1.79. The highest BCUT2D eigenvalue weighted by molar-refractivity contribution is 5.60. The molecule has 0 amide bonds. The second kappa shape index (κ2) is 9.97. The molecule has 0 fully saturated rings. The number of hydrogen-bond donors (Lipinski definition) is 1. The number of H-pyrrole nitrogens is 1. The Labute approximate surface area is 98.7 Å². The lowest BCUT2D eigenvalue weighted by Gasteiger charge is -2.00. The first-order valence-electron chi connectivity index (χ1n) is 5.68. The van der Waals surface area contributed by atoms with Gasteiger partial charge in [-0.25, -0.2) is 0 Å². The van der Waals surface area contributed by atoms with Crippen molar-refractivity contribution in [1.29, 1.82) is 0 Å². The molecule has 16 heavy (non-hydrogen) atoms. The van der Waals surface area contributed by atoms with Crippen LogP contribution in [0.3, 0.4) is 0 Å². The van der Waals surface area contributed by atoms with Crippen molar-refractivity contribution in [3.8, 4) is 0 Å². The van der Waals surface area contributed by atoms with Crippen LogP contribution in [-0.2, 0) is 0 Å². The summed E-state index contributed by atoms with van der Waals surface area (Å²) in [5, 5.41) is 0. The molecule has 0 aliphatic heterocycles. The molecule has 0 radical (unpaired) electrons. The van der Waals surface area contributed by atoms with E-state index < -0.39 is 0 Å². The Morgan fingerprint density at radius 2 is 1.62 bits per heavy atom. The highest BCUT2D eigenvalue weighted by atomic mass is 16.1. The van der Waals surface area contributed by atoms with Crippen LogP contribution in [0.4, 0.5) is 0 Å². The Bertz CT molecular complexity index is 375. The maximum absolute atomic E-state index is 11.1. The van der Waals surface area contributed by atoms with Crippen LogP contribution >= 0.6 is 0 Å². The largest absolute Gasteiger partial charge is 0.322 e. The zero-order valence-electron chi connectivity index (χ0n) is 11.1. The van der Waals surface area contributed by atoms with Crippen molar-refractivity contribution in [3.63, 3.8) is 0 Å². The highest BCUT2D eigenvalue weighted by Gasteiger charge is 1.98. The van der Waals surface area contributed by atoms with Crippen LogP contribution in [0.15, 0.2) is 24.0 Å². The maximum atomic E-state index is 11.1. The third-order valence-corrected chi connectivity index (χ3v) is 1.71. The number of hydrogen-bond acceptors (Lipinski definition) is 1. The monoisotopic (exact) mass is 221 g/mol. The second-order valence-corrected chi connectivity index (χ2v) is 2.56. The molecule has 0 aliphatic carbocycles. The summed E-state index contributed by atoms with van der Waals surface area (Å²) in [5.41, 5.74) is 2.24. The number of rotatable bonds is 2. The highest BCUT2D eigenvalue weighted by Crippen LogP contribution is 2.07. The van der Waals surface area contributed by atoms with Gasteiger partial charge in [-0.2, -0.15) is 0 Å². The summed E-state index contributed by atoms with van der Waals surface area (Å²) < 4.78 is 0. The van der Waals surface area contributed by atoms with Gasteiger partial charge >= 0.3 is 0 Å². The van der Waals surface area contributed by atoms with Crippen LogP contribution < -0.4 is 5.56 Å². The molecule has 2 heteroatoms. The van der Waals surface area contributed by atoms with Gasteiger partial charge in [0.15, 0.2) is 0 Å². The molecule has 0 aliphatic rings. The van der Waals surface area contributed by atoms with Crippen LogP contribution in [0.25, 0.3) is 12.2 Å². The maximum Gasteiger partial charge on any atom is 0.251 e. The van der Waals surface area contributed by atoms with Gasteiger partial charge in [0.2, 0.25) is 0 Å². The van der Waals surface area contributed by atoms with Crippen molar-refractivity contribution in [2.24, 2.45) is 0 Å². The molecule has 0 saturated carbocycles. The van der Waals surface area contributed by atoms with Crippen LogP contribution in [-0.4, -0.2) is 4.98 Å². The molecule has 0 saturated heterocycles. The zero-order valence-corrected chi connectivity index (χ0v) is 11.1. The summed E-state index contributed by atoms with van der Waals surface area (Å²) in [7, 11) is 0. The van der Waals surface area contributed by atoms with E-state index in [1.165, 1.54) is 0 Å². The van der Waals surface area contributed by atoms with Gasteiger partial charge < -0.3 is 4.98 Å². The molecular formula is C14H23NO. The van der Waals surface area contributed by atoms with Gasteiger partial charge in [-0.3, -0.25) is 4.79 Å². The second-order valence-electron chi connectivity index (χ2n) is 2.56. The van der Waals surface area contributed by atoms with Crippen LogP contribution in [0.5, 0.6) is 0 Å². The summed E-state index contributed by atoms with van der Waals surface area (Å²) in [6.07, 6.45) is 3.30. The Morgan fingerprint density at radius 3 is 2.00 bits per heavy atom. The average Bonchev–Trinajstić information content (AvgIpc) is 2.37. The summed E-state index contributed by atoms with van der Waals surface area (Å²) in [4.78, 5) is 13.8. The summed E-state index contributed by atoms with van der Waals surface area (Å²) >= 11 is 0. The van der Waals surface area contributed by atoms with E-state index in [2.05, 4.69) is 18.1 Å². The van der Waals surface area contributed by atoms with E-state index in [1.54, 1.807) is 25.1 Å². The quantitative estimate of drug-likeness (QED) is 0.803. The zero-order chi connectivity index (χ0) is 13.1. The Hall–Kier alpha value is -1.57. The Kier molecular flexibility index (Phi) is 10.5. The molecular weight excluding hydrogens is 198 g/mol. The average molecular weight is 221 g/mol. The van der Waals surface area contributed by atoms with Gasteiger partial charge in [0, 0.05) is 11.3 Å². The molecule has 0 aromatic carbocycles.